The van der Waals surface area contributed by atoms with Crippen LogP contribution in [0.1, 0.15) is 11.1 Å². The fraction of sp³-hybridized carbons (Fsp3) is 0.167. The molecule has 2 aromatic carbocycles. The van der Waals surface area contributed by atoms with E-state index in [4.69, 9.17) is 16.3 Å². The summed E-state index contributed by atoms with van der Waals surface area (Å²) in [5, 5.41) is 15.4. The predicted molar refractivity (Wildman–Crippen MR) is 97.6 cm³/mol. The zero-order valence-corrected chi connectivity index (χ0v) is 14.4. The molecule has 0 amide bonds. The number of tetrazole rings is 1. The van der Waals surface area contributed by atoms with Crippen LogP contribution in [0, 0.1) is 0 Å². The number of benzene rings is 2. The monoisotopic (exact) mass is 355 g/mol. The molecule has 0 radical (unpaired) electrons. The van der Waals surface area contributed by atoms with Crippen LogP contribution in [0.4, 0.5) is 5.95 Å². The van der Waals surface area contributed by atoms with Crippen LogP contribution in [0.3, 0.4) is 0 Å². The first-order valence-corrected chi connectivity index (χ1v) is 8.19. The molecule has 0 unspecified atom stereocenters. The lowest BCUT2D eigenvalue weighted by atomic mass is 10.2. The van der Waals surface area contributed by atoms with Crippen LogP contribution in [0.2, 0.25) is 5.02 Å². The summed E-state index contributed by atoms with van der Waals surface area (Å²) in [7, 11) is 0. The Hall–Kier alpha value is -2.86. The van der Waals surface area contributed by atoms with E-state index < -0.39 is 0 Å². The van der Waals surface area contributed by atoms with Crippen molar-refractivity contribution in [1.29, 1.82) is 0 Å². The Morgan fingerprint density at radius 1 is 1.08 bits per heavy atom. The fourth-order valence-electron chi connectivity index (χ4n) is 2.21. The van der Waals surface area contributed by atoms with Gasteiger partial charge in [0, 0.05) is 11.6 Å². The Balaban J connectivity index is 1.52. The van der Waals surface area contributed by atoms with E-state index in [-0.39, 0.29) is 0 Å². The van der Waals surface area contributed by atoms with E-state index in [2.05, 4.69) is 27.4 Å². The summed E-state index contributed by atoms with van der Waals surface area (Å²) in [6, 6.07) is 15.5. The lowest BCUT2D eigenvalue weighted by Gasteiger charge is -2.09. The maximum atomic E-state index is 5.87. The van der Waals surface area contributed by atoms with E-state index >= 15 is 0 Å². The van der Waals surface area contributed by atoms with Crippen LogP contribution in [0.15, 0.2) is 61.2 Å². The molecule has 0 spiro atoms. The third kappa shape index (κ3) is 4.81. The van der Waals surface area contributed by atoms with E-state index in [0.29, 0.717) is 25.6 Å². The molecule has 6 nitrogen and oxygen atoms in total. The topological polar surface area (TPSA) is 64.9 Å². The number of nitrogens with zero attached hydrogens (tertiary/aromatic N) is 4. The maximum Gasteiger partial charge on any atom is 0.243 e. The first-order chi connectivity index (χ1) is 12.2. The van der Waals surface area contributed by atoms with E-state index in [0.717, 1.165) is 21.9 Å². The van der Waals surface area contributed by atoms with E-state index in [1.807, 2.05) is 48.5 Å². The number of rotatable bonds is 8. The van der Waals surface area contributed by atoms with E-state index in [1.165, 1.54) is 0 Å². The molecule has 0 bridgehead atoms. The highest BCUT2D eigenvalue weighted by molar-refractivity contribution is 6.30. The molecule has 0 saturated carbocycles. The molecule has 128 valence electrons. The van der Waals surface area contributed by atoms with Gasteiger partial charge in [0.15, 0.2) is 0 Å². The summed E-state index contributed by atoms with van der Waals surface area (Å²) in [5.41, 5.74) is 2.18. The molecule has 3 rings (SSSR count). The maximum absolute atomic E-state index is 5.87. The van der Waals surface area contributed by atoms with E-state index in [1.54, 1.807) is 10.8 Å². The molecule has 3 aromatic rings. The second kappa shape index (κ2) is 8.30. The summed E-state index contributed by atoms with van der Waals surface area (Å²) in [5.74, 6) is 1.43. The van der Waals surface area contributed by atoms with Gasteiger partial charge < -0.3 is 10.1 Å². The Kier molecular flexibility index (Phi) is 5.64. The Labute approximate surface area is 151 Å². The molecule has 0 aliphatic carbocycles. The number of hydrogen-bond donors (Lipinski definition) is 1. The van der Waals surface area contributed by atoms with Gasteiger partial charge in [-0.05, 0) is 45.8 Å². The largest absolute Gasteiger partial charge is 0.489 e. The van der Waals surface area contributed by atoms with Crippen LogP contribution >= 0.6 is 11.6 Å². The fourth-order valence-corrected chi connectivity index (χ4v) is 2.33. The van der Waals surface area contributed by atoms with E-state index in [9.17, 15) is 0 Å². The number of halogens is 1. The second-order valence-electron chi connectivity index (χ2n) is 5.39. The zero-order chi connectivity index (χ0) is 17.5. The van der Waals surface area contributed by atoms with Crippen LogP contribution in [0.5, 0.6) is 5.75 Å². The minimum Gasteiger partial charge on any atom is -0.489 e. The molecule has 0 atom stereocenters. The van der Waals surface area contributed by atoms with Crippen molar-refractivity contribution >= 4 is 17.5 Å². The standard InChI is InChI=1S/C18H18ClN5O/c1-2-11-24-18(21-22-23-24)20-12-14-5-9-17(10-6-14)25-13-15-3-7-16(19)8-4-15/h2-10H,1,11-13H2,(H,20,21,23). The summed E-state index contributed by atoms with van der Waals surface area (Å²) in [6.45, 7) is 5.37. The molecule has 0 aliphatic rings. The summed E-state index contributed by atoms with van der Waals surface area (Å²) >= 11 is 5.87. The van der Waals surface area contributed by atoms with Crippen molar-refractivity contribution in [2.75, 3.05) is 5.32 Å². The molecule has 1 aromatic heterocycles. The van der Waals surface area contributed by atoms with Gasteiger partial charge in [0.1, 0.15) is 12.4 Å². The molecule has 0 fully saturated rings. The summed E-state index contributed by atoms with van der Waals surface area (Å²) in [6.07, 6.45) is 1.74. The van der Waals surface area contributed by atoms with Crippen molar-refractivity contribution in [3.8, 4) is 5.75 Å². The Morgan fingerprint density at radius 3 is 2.52 bits per heavy atom. The van der Waals surface area contributed by atoms with Crippen LogP contribution in [0.25, 0.3) is 0 Å². The van der Waals surface area contributed by atoms with Crippen molar-refractivity contribution in [1.82, 2.24) is 20.2 Å². The minimum absolute atomic E-state index is 0.505. The van der Waals surface area contributed by atoms with Gasteiger partial charge in [-0.3, -0.25) is 0 Å². The SMILES string of the molecule is C=CCn1nnnc1NCc1ccc(OCc2ccc(Cl)cc2)cc1. The third-order valence-electron chi connectivity index (χ3n) is 3.53. The molecular formula is C18H18ClN5O. The molecule has 1 heterocycles. The number of nitrogens with one attached hydrogen (secondary N) is 1. The van der Waals surface area contributed by atoms with Gasteiger partial charge in [-0.1, -0.05) is 47.0 Å². The van der Waals surface area contributed by atoms with Gasteiger partial charge in [-0.2, -0.15) is 0 Å². The van der Waals surface area contributed by atoms with Crippen molar-refractivity contribution in [2.45, 2.75) is 19.7 Å². The van der Waals surface area contributed by atoms with Crippen molar-refractivity contribution < 1.29 is 4.74 Å². The average molecular weight is 356 g/mol. The van der Waals surface area contributed by atoms with Crippen molar-refractivity contribution in [3.63, 3.8) is 0 Å². The Bertz CT molecular complexity index is 814. The lowest BCUT2D eigenvalue weighted by Crippen LogP contribution is -2.08. The molecule has 25 heavy (non-hydrogen) atoms. The number of hydrogen-bond acceptors (Lipinski definition) is 5. The molecule has 0 saturated heterocycles. The molecule has 0 aliphatic heterocycles. The number of ether oxygens (including phenoxy) is 1. The number of anilines is 1. The normalized spacial score (nSPS) is 10.4. The van der Waals surface area contributed by atoms with Gasteiger partial charge in [0.25, 0.3) is 0 Å². The zero-order valence-electron chi connectivity index (χ0n) is 13.6. The van der Waals surface area contributed by atoms with Gasteiger partial charge in [-0.15, -0.1) is 6.58 Å². The van der Waals surface area contributed by atoms with Gasteiger partial charge in [-0.25, -0.2) is 4.68 Å². The average Bonchev–Trinajstić information content (AvgIpc) is 3.08. The molecule has 7 heteroatoms. The minimum atomic E-state index is 0.505. The van der Waals surface area contributed by atoms with Gasteiger partial charge in [0.05, 0.1) is 6.54 Å². The highest BCUT2D eigenvalue weighted by Crippen LogP contribution is 2.16. The van der Waals surface area contributed by atoms with Crippen molar-refractivity contribution in [3.05, 3.63) is 77.3 Å². The highest BCUT2D eigenvalue weighted by atomic mass is 35.5. The molecular weight excluding hydrogens is 338 g/mol. The quantitative estimate of drug-likeness (QED) is 0.624. The first-order valence-electron chi connectivity index (χ1n) is 7.82. The lowest BCUT2D eigenvalue weighted by molar-refractivity contribution is 0.306. The van der Waals surface area contributed by atoms with Gasteiger partial charge in [0.2, 0.25) is 5.95 Å². The predicted octanol–water partition coefficient (Wildman–Crippen LogP) is 3.70. The first kappa shape index (κ1) is 17.0. The third-order valence-corrected chi connectivity index (χ3v) is 3.78. The summed E-state index contributed by atoms with van der Waals surface area (Å²) < 4.78 is 7.43. The smallest absolute Gasteiger partial charge is 0.243 e. The second-order valence-corrected chi connectivity index (χ2v) is 5.82. The van der Waals surface area contributed by atoms with Gasteiger partial charge >= 0.3 is 0 Å². The Morgan fingerprint density at radius 2 is 1.80 bits per heavy atom. The highest BCUT2D eigenvalue weighted by Gasteiger charge is 2.04. The van der Waals surface area contributed by atoms with Crippen LogP contribution in [-0.2, 0) is 19.7 Å². The summed E-state index contributed by atoms with van der Waals surface area (Å²) in [4.78, 5) is 0. The van der Waals surface area contributed by atoms with Crippen molar-refractivity contribution in [2.24, 2.45) is 0 Å². The van der Waals surface area contributed by atoms with Crippen LogP contribution < -0.4 is 10.1 Å². The number of allylic oxidation sites excluding steroid dienone is 1. The number of aromatic nitrogens is 4. The van der Waals surface area contributed by atoms with Crippen LogP contribution in [-0.4, -0.2) is 20.2 Å². The molecule has 1 N–H and O–H groups in total.